The van der Waals surface area contributed by atoms with Crippen molar-refractivity contribution < 1.29 is 29.6 Å². The summed E-state index contributed by atoms with van der Waals surface area (Å²) < 4.78 is 9.83. The summed E-state index contributed by atoms with van der Waals surface area (Å²) in [5, 5.41) is 25.9. The maximum atomic E-state index is 10.3. The van der Waals surface area contributed by atoms with E-state index in [9.17, 15) is 4.79 Å². The maximum Gasteiger partial charge on any atom is 0.303 e. The van der Waals surface area contributed by atoms with Crippen LogP contribution >= 0.6 is 0 Å². The fourth-order valence-corrected chi connectivity index (χ4v) is 3.31. The van der Waals surface area contributed by atoms with Gasteiger partial charge in [0.15, 0.2) is 6.29 Å². The Kier molecular flexibility index (Phi) is 31.7. The van der Waals surface area contributed by atoms with Gasteiger partial charge >= 0.3 is 5.97 Å². The molecule has 6 heteroatoms. The Hall–Kier alpha value is -0.690. The highest BCUT2D eigenvalue weighted by molar-refractivity contribution is 5.66. The molecule has 0 radical (unpaired) electrons. The third kappa shape index (κ3) is 33.9. The molecule has 0 aliphatic rings. The molecule has 194 valence electrons. The lowest BCUT2D eigenvalue weighted by Gasteiger charge is -2.11. The van der Waals surface area contributed by atoms with Crippen molar-refractivity contribution in [1.82, 2.24) is 0 Å². The van der Waals surface area contributed by atoms with E-state index in [1.165, 1.54) is 83.5 Å². The molecule has 0 aromatic rings. The van der Waals surface area contributed by atoms with Crippen molar-refractivity contribution in [3.8, 4) is 0 Å². The minimum Gasteiger partial charge on any atom is -0.481 e. The van der Waals surface area contributed by atoms with Gasteiger partial charge in [0, 0.05) is 13.0 Å². The summed E-state index contributed by atoms with van der Waals surface area (Å²) in [6.07, 6.45) is 21.3. The first-order valence-corrected chi connectivity index (χ1v) is 13.3. The fourth-order valence-electron chi connectivity index (χ4n) is 3.31. The van der Waals surface area contributed by atoms with Gasteiger partial charge in [-0.05, 0) is 12.8 Å². The van der Waals surface area contributed by atoms with Crippen molar-refractivity contribution in [3.05, 3.63) is 0 Å². The standard InChI is InChI=1S/C18H36O2.C8H18O4/c1-2-3-4-5-6-7-8-9-10-11-12-13-14-15-16-17-18(19)20;1-2-3-5-12-8(10)7-11-6-4-9/h2-17H2,1H3,(H,19,20);8-10H,2-7H2,1H3. The SMILES string of the molecule is CCCCCCCCCCCCCCCCCC(=O)O.CCCCOC(O)COCCO. The first kappa shape index (κ1) is 33.5. The van der Waals surface area contributed by atoms with Crippen LogP contribution in [0.1, 0.15) is 129 Å². The van der Waals surface area contributed by atoms with Crippen LogP contribution in [-0.4, -0.2) is 54.0 Å². The number of carbonyl (C=O) groups is 1. The molecule has 0 heterocycles. The summed E-state index contributed by atoms with van der Waals surface area (Å²) in [5.74, 6) is -0.653. The monoisotopic (exact) mass is 462 g/mol. The summed E-state index contributed by atoms with van der Waals surface area (Å²) >= 11 is 0. The number of carboxylic acids is 1. The first-order valence-electron chi connectivity index (χ1n) is 13.3. The maximum absolute atomic E-state index is 10.3. The molecule has 0 rings (SSSR count). The largest absolute Gasteiger partial charge is 0.481 e. The third-order valence-corrected chi connectivity index (χ3v) is 5.30. The molecule has 6 nitrogen and oxygen atoms in total. The molecule has 0 spiro atoms. The molecule has 1 atom stereocenters. The molecule has 0 saturated carbocycles. The Morgan fingerprint density at radius 2 is 1.12 bits per heavy atom. The molecular formula is C26H54O6. The second kappa shape index (κ2) is 30.3. The molecule has 0 aliphatic heterocycles. The van der Waals surface area contributed by atoms with Gasteiger partial charge in [-0.25, -0.2) is 0 Å². The summed E-state index contributed by atoms with van der Waals surface area (Å²) in [6, 6.07) is 0. The van der Waals surface area contributed by atoms with E-state index in [2.05, 4.69) is 13.8 Å². The number of aliphatic hydroxyl groups is 2. The van der Waals surface area contributed by atoms with Crippen molar-refractivity contribution >= 4 is 5.97 Å². The van der Waals surface area contributed by atoms with Crippen LogP contribution < -0.4 is 0 Å². The van der Waals surface area contributed by atoms with Gasteiger partial charge in [-0.15, -0.1) is 0 Å². The molecule has 0 aliphatic carbocycles. The van der Waals surface area contributed by atoms with Crippen LogP contribution in [0, 0.1) is 0 Å². The molecular weight excluding hydrogens is 408 g/mol. The predicted octanol–water partition coefficient (Wildman–Crippen LogP) is 6.46. The Balaban J connectivity index is 0. The summed E-state index contributed by atoms with van der Waals surface area (Å²) in [5.41, 5.74) is 0. The zero-order chi connectivity index (χ0) is 24.1. The van der Waals surface area contributed by atoms with E-state index in [1.807, 2.05) is 0 Å². The molecule has 0 saturated heterocycles. The quantitative estimate of drug-likeness (QED) is 0.112. The zero-order valence-electron chi connectivity index (χ0n) is 21.2. The van der Waals surface area contributed by atoms with Gasteiger partial charge in [-0.2, -0.15) is 0 Å². The number of hydrogen-bond donors (Lipinski definition) is 3. The van der Waals surface area contributed by atoms with Gasteiger partial charge < -0.3 is 24.8 Å². The van der Waals surface area contributed by atoms with E-state index in [0.29, 0.717) is 13.0 Å². The predicted molar refractivity (Wildman–Crippen MR) is 132 cm³/mol. The molecule has 3 N–H and O–H groups in total. The van der Waals surface area contributed by atoms with Crippen molar-refractivity contribution in [1.29, 1.82) is 0 Å². The van der Waals surface area contributed by atoms with Crippen molar-refractivity contribution in [3.63, 3.8) is 0 Å². The zero-order valence-corrected chi connectivity index (χ0v) is 21.2. The highest BCUT2D eigenvalue weighted by Crippen LogP contribution is 2.13. The van der Waals surface area contributed by atoms with Crippen LogP contribution in [0.25, 0.3) is 0 Å². The van der Waals surface area contributed by atoms with Crippen LogP contribution in [0.2, 0.25) is 0 Å². The van der Waals surface area contributed by atoms with E-state index >= 15 is 0 Å². The highest BCUT2D eigenvalue weighted by Gasteiger charge is 2.02. The van der Waals surface area contributed by atoms with E-state index in [0.717, 1.165) is 25.7 Å². The molecule has 0 bridgehead atoms. The molecule has 0 amide bonds. The number of aliphatic hydroxyl groups excluding tert-OH is 2. The Morgan fingerprint density at radius 1 is 0.688 bits per heavy atom. The van der Waals surface area contributed by atoms with E-state index in [1.54, 1.807) is 0 Å². The van der Waals surface area contributed by atoms with E-state index < -0.39 is 12.3 Å². The second-order valence-electron chi connectivity index (χ2n) is 8.57. The topological polar surface area (TPSA) is 96.2 Å². The summed E-state index contributed by atoms with van der Waals surface area (Å²) in [4.78, 5) is 10.3. The smallest absolute Gasteiger partial charge is 0.303 e. The molecule has 0 aromatic carbocycles. The van der Waals surface area contributed by atoms with Gasteiger partial charge in [0.2, 0.25) is 0 Å². The van der Waals surface area contributed by atoms with Gasteiger partial charge in [0.25, 0.3) is 0 Å². The van der Waals surface area contributed by atoms with Crippen molar-refractivity contribution in [2.75, 3.05) is 26.4 Å². The number of ether oxygens (including phenoxy) is 2. The second-order valence-corrected chi connectivity index (χ2v) is 8.57. The van der Waals surface area contributed by atoms with Crippen LogP contribution in [-0.2, 0) is 14.3 Å². The lowest BCUT2D eigenvalue weighted by atomic mass is 10.0. The average molecular weight is 463 g/mol. The minimum atomic E-state index is -0.858. The number of rotatable bonds is 24. The van der Waals surface area contributed by atoms with Crippen LogP contribution in [0.3, 0.4) is 0 Å². The van der Waals surface area contributed by atoms with Crippen molar-refractivity contribution in [2.45, 2.75) is 136 Å². The Bertz CT molecular complexity index is 341. The van der Waals surface area contributed by atoms with E-state index in [4.69, 9.17) is 24.8 Å². The average Bonchev–Trinajstić information content (AvgIpc) is 2.77. The molecule has 32 heavy (non-hydrogen) atoms. The van der Waals surface area contributed by atoms with Crippen LogP contribution in [0.15, 0.2) is 0 Å². The summed E-state index contributed by atoms with van der Waals surface area (Å²) in [7, 11) is 0. The Morgan fingerprint density at radius 3 is 1.53 bits per heavy atom. The van der Waals surface area contributed by atoms with Gasteiger partial charge in [-0.3, -0.25) is 4.79 Å². The summed E-state index contributed by atoms with van der Waals surface area (Å²) in [6.45, 7) is 5.23. The fraction of sp³-hybridized carbons (Fsp3) is 0.962. The molecule has 0 fully saturated rings. The highest BCUT2D eigenvalue weighted by atomic mass is 16.6. The van der Waals surface area contributed by atoms with Crippen molar-refractivity contribution in [2.24, 2.45) is 0 Å². The third-order valence-electron chi connectivity index (χ3n) is 5.30. The van der Waals surface area contributed by atoms with Gasteiger partial charge in [-0.1, -0.05) is 110 Å². The van der Waals surface area contributed by atoms with Crippen LogP contribution in [0.4, 0.5) is 0 Å². The lowest BCUT2D eigenvalue weighted by molar-refractivity contribution is -0.140. The molecule has 1 unspecified atom stereocenters. The number of hydrogen-bond acceptors (Lipinski definition) is 5. The number of aliphatic carboxylic acids is 1. The van der Waals surface area contributed by atoms with Crippen LogP contribution in [0.5, 0.6) is 0 Å². The Labute approximate surface area is 198 Å². The lowest BCUT2D eigenvalue weighted by Crippen LogP contribution is -2.20. The number of carboxylic acid groups (broad SMARTS) is 1. The van der Waals surface area contributed by atoms with Gasteiger partial charge in [0.1, 0.15) is 0 Å². The molecule has 0 aromatic heterocycles. The minimum absolute atomic E-state index is 0.0261. The van der Waals surface area contributed by atoms with E-state index in [-0.39, 0.29) is 19.8 Å². The van der Waals surface area contributed by atoms with Gasteiger partial charge in [0.05, 0.1) is 19.8 Å². The number of unbranched alkanes of at least 4 members (excludes halogenated alkanes) is 15. The first-order chi connectivity index (χ1) is 15.6. The normalized spacial score (nSPS) is 11.8.